The van der Waals surface area contributed by atoms with Gasteiger partial charge in [-0.15, -0.1) is 0 Å². The molecule has 0 fully saturated rings. The summed E-state index contributed by atoms with van der Waals surface area (Å²) in [5.41, 5.74) is 0. The molecule has 4 heteroatoms. The summed E-state index contributed by atoms with van der Waals surface area (Å²) < 4.78 is 10.7. The molecule has 0 radical (unpaired) electrons. The van der Waals surface area contributed by atoms with E-state index >= 15 is 0 Å². The summed E-state index contributed by atoms with van der Waals surface area (Å²) in [7, 11) is 0. The Bertz CT molecular complexity index is 276. The monoisotopic (exact) mass is 328 g/mol. The molecule has 0 aromatic heterocycles. The highest BCUT2D eigenvalue weighted by Crippen LogP contribution is 2.11. The second-order valence-corrected chi connectivity index (χ2v) is 6.12. The number of esters is 2. The van der Waals surface area contributed by atoms with Gasteiger partial charge in [-0.3, -0.25) is 9.59 Å². The van der Waals surface area contributed by atoms with Gasteiger partial charge in [-0.2, -0.15) is 0 Å². The van der Waals surface area contributed by atoms with Gasteiger partial charge in [-0.1, -0.05) is 47.0 Å². The number of hydrogen-bond acceptors (Lipinski definition) is 4. The molecular weight excluding hydrogens is 292 g/mol. The highest BCUT2D eigenvalue weighted by atomic mass is 16.5. The Morgan fingerprint density at radius 2 is 0.913 bits per heavy atom. The lowest BCUT2D eigenvalue weighted by Gasteiger charge is -2.14. The molecule has 0 aliphatic carbocycles. The van der Waals surface area contributed by atoms with Crippen molar-refractivity contribution in [3.63, 3.8) is 0 Å². The highest BCUT2D eigenvalue weighted by molar-refractivity contribution is 5.69. The fourth-order valence-corrected chi connectivity index (χ4v) is 2.47. The van der Waals surface area contributed by atoms with Crippen molar-refractivity contribution in [3.8, 4) is 0 Å². The van der Waals surface area contributed by atoms with Crippen LogP contribution in [0.1, 0.15) is 98.3 Å². The van der Waals surface area contributed by atoms with E-state index in [9.17, 15) is 9.59 Å². The van der Waals surface area contributed by atoms with Gasteiger partial charge in [0.15, 0.2) is 0 Å². The minimum absolute atomic E-state index is 0.0728. The third-order valence-corrected chi connectivity index (χ3v) is 4.18. The predicted octanol–water partition coefficient (Wildman–Crippen LogP) is 5.18. The molecule has 0 bridgehead atoms. The average Bonchev–Trinajstić information content (AvgIpc) is 2.56. The Labute approximate surface area is 142 Å². The average molecular weight is 328 g/mol. The van der Waals surface area contributed by atoms with Crippen LogP contribution in [0.25, 0.3) is 0 Å². The van der Waals surface area contributed by atoms with Crippen LogP contribution in [0.2, 0.25) is 0 Å². The lowest BCUT2D eigenvalue weighted by Crippen LogP contribution is -2.16. The van der Waals surface area contributed by atoms with Crippen LogP contribution in [-0.4, -0.2) is 24.1 Å². The molecule has 0 unspecified atom stereocenters. The highest BCUT2D eigenvalue weighted by Gasteiger charge is 2.11. The molecule has 0 aliphatic rings. The van der Waals surface area contributed by atoms with Crippen LogP contribution in [0.15, 0.2) is 0 Å². The Morgan fingerprint density at radius 1 is 0.609 bits per heavy atom. The van der Waals surface area contributed by atoms with Gasteiger partial charge in [0.1, 0.15) is 12.2 Å². The molecule has 0 amide bonds. The van der Waals surface area contributed by atoms with E-state index in [1.54, 1.807) is 0 Å². The minimum atomic E-state index is -0.0764. The Balaban J connectivity index is 3.52. The third-order valence-electron chi connectivity index (χ3n) is 4.18. The second-order valence-electron chi connectivity index (χ2n) is 6.12. The predicted molar refractivity (Wildman–Crippen MR) is 93.2 cm³/mol. The van der Waals surface area contributed by atoms with Crippen molar-refractivity contribution < 1.29 is 19.1 Å². The van der Waals surface area contributed by atoms with Crippen LogP contribution in [0.5, 0.6) is 0 Å². The molecule has 23 heavy (non-hydrogen) atoms. The van der Waals surface area contributed by atoms with Gasteiger partial charge in [0.25, 0.3) is 0 Å². The van der Waals surface area contributed by atoms with Gasteiger partial charge in [-0.05, 0) is 38.5 Å². The molecular formula is C19H36O4. The number of ether oxygens (including phenoxy) is 2. The van der Waals surface area contributed by atoms with E-state index < -0.39 is 0 Å². The van der Waals surface area contributed by atoms with Crippen LogP contribution in [-0.2, 0) is 19.1 Å². The van der Waals surface area contributed by atoms with Gasteiger partial charge >= 0.3 is 11.9 Å². The van der Waals surface area contributed by atoms with E-state index in [0.29, 0.717) is 12.8 Å². The van der Waals surface area contributed by atoms with Crippen molar-refractivity contribution in [1.82, 2.24) is 0 Å². The van der Waals surface area contributed by atoms with Crippen LogP contribution < -0.4 is 0 Å². The topological polar surface area (TPSA) is 52.6 Å². The normalized spacial score (nSPS) is 11.0. The fraction of sp³-hybridized carbons (Fsp3) is 0.895. The summed E-state index contributed by atoms with van der Waals surface area (Å²) in [5, 5.41) is 0. The molecule has 0 heterocycles. The molecule has 0 aromatic carbocycles. The van der Waals surface area contributed by atoms with E-state index in [1.165, 1.54) is 0 Å². The van der Waals surface area contributed by atoms with Crippen molar-refractivity contribution in [1.29, 1.82) is 0 Å². The van der Waals surface area contributed by atoms with Crippen LogP contribution in [0.3, 0.4) is 0 Å². The van der Waals surface area contributed by atoms with E-state index in [1.807, 2.05) is 27.7 Å². The first-order chi connectivity index (χ1) is 11.1. The zero-order valence-electron chi connectivity index (χ0n) is 15.6. The van der Waals surface area contributed by atoms with Crippen LogP contribution in [0.4, 0.5) is 0 Å². The molecule has 0 spiro atoms. The number of carbonyl (C=O) groups is 2. The van der Waals surface area contributed by atoms with Crippen molar-refractivity contribution in [2.75, 3.05) is 0 Å². The van der Waals surface area contributed by atoms with Gasteiger partial charge in [0.05, 0.1) is 0 Å². The first kappa shape index (κ1) is 21.9. The van der Waals surface area contributed by atoms with Crippen LogP contribution in [0, 0.1) is 0 Å². The van der Waals surface area contributed by atoms with E-state index in [0.717, 1.165) is 57.8 Å². The quantitative estimate of drug-likeness (QED) is 0.325. The molecule has 0 atom stereocenters. The fourth-order valence-electron chi connectivity index (χ4n) is 2.47. The smallest absolute Gasteiger partial charge is 0.306 e. The molecule has 0 rings (SSSR count). The van der Waals surface area contributed by atoms with Crippen molar-refractivity contribution in [2.24, 2.45) is 0 Å². The Kier molecular flexibility index (Phi) is 13.9. The molecule has 136 valence electrons. The first-order valence-corrected chi connectivity index (χ1v) is 9.46. The Hall–Kier alpha value is -1.06. The largest absolute Gasteiger partial charge is 0.462 e. The van der Waals surface area contributed by atoms with Gasteiger partial charge < -0.3 is 9.47 Å². The molecule has 0 N–H and O–H groups in total. The van der Waals surface area contributed by atoms with E-state index in [2.05, 4.69) is 0 Å². The third kappa shape index (κ3) is 12.1. The van der Waals surface area contributed by atoms with Crippen molar-refractivity contribution in [3.05, 3.63) is 0 Å². The summed E-state index contributed by atoms with van der Waals surface area (Å²) >= 11 is 0. The lowest BCUT2D eigenvalue weighted by molar-refractivity contribution is -0.150. The number of carbonyl (C=O) groups excluding carboxylic acids is 2. The number of rotatable bonds is 14. The molecule has 0 aromatic rings. The van der Waals surface area contributed by atoms with Gasteiger partial charge in [0, 0.05) is 12.8 Å². The summed E-state index contributed by atoms with van der Waals surface area (Å²) in [4.78, 5) is 23.3. The number of hydrogen-bond donors (Lipinski definition) is 0. The molecule has 0 saturated heterocycles. The maximum absolute atomic E-state index is 11.6. The zero-order valence-corrected chi connectivity index (χ0v) is 15.6. The second kappa shape index (κ2) is 14.5. The summed E-state index contributed by atoms with van der Waals surface area (Å²) in [5.74, 6) is -0.153. The van der Waals surface area contributed by atoms with E-state index in [-0.39, 0.29) is 24.1 Å². The zero-order chi connectivity index (χ0) is 17.5. The number of unbranched alkanes of at least 4 members (excludes halogenated alkanes) is 4. The summed E-state index contributed by atoms with van der Waals surface area (Å²) in [6.45, 7) is 8.15. The standard InChI is InChI=1S/C19H36O4/c1-5-16(6-2)22-18(20)14-12-10-9-11-13-15-19(21)23-17(7-3)8-4/h16-17H,5-15H2,1-4H3. The van der Waals surface area contributed by atoms with Crippen LogP contribution >= 0.6 is 0 Å². The molecule has 0 saturated carbocycles. The van der Waals surface area contributed by atoms with E-state index in [4.69, 9.17) is 9.47 Å². The Morgan fingerprint density at radius 3 is 1.22 bits per heavy atom. The maximum atomic E-state index is 11.6. The lowest BCUT2D eigenvalue weighted by atomic mass is 10.1. The summed E-state index contributed by atoms with van der Waals surface area (Å²) in [6.07, 6.45) is 9.52. The van der Waals surface area contributed by atoms with Gasteiger partial charge in [0.2, 0.25) is 0 Å². The van der Waals surface area contributed by atoms with Crippen molar-refractivity contribution in [2.45, 2.75) is 111 Å². The molecule has 4 nitrogen and oxygen atoms in total. The van der Waals surface area contributed by atoms with Crippen molar-refractivity contribution >= 4 is 11.9 Å². The SMILES string of the molecule is CCC(CC)OC(=O)CCCCCCCC(=O)OC(CC)CC. The molecule has 0 aliphatic heterocycles. The first-order valence-electron chi connectivity index (χ1n) is 9.46. The maximum Gasteiger partial charge on any atom is 0.306 e. The summed E-state index contributed by atoms with van der Waals surface area (Å²) in [6, 6.07) is 0. The van der Waals surface area contributed by atoms with Gasteiger partial charge in [-0.25, -0.2) is 0 Å². The minimum Gasteiger partial charge on any atom is -0.462 e.